The van der Waals surface area contributed by atoms with Crippen molar-refractivity contribution in [2.75, 3.05) is 18.9 Å². The quantitative estimate of drug-likeness (QED) is 0.778. The van der Waals surface area contributed by atoms with Crippen molar-refractivity contribution in [3.05, 3.63) is 66.2 Å². The van der Waals surface area contributed by atoms with Crippen molar-refractivity contribution in [1.82, 2.24) is 4.90 Å². The van der Waals surface area contributed by atoms with Gasteiger partial charge in [0.1, 0.15) is 12.4 Å². The fourth-order valence-corrected chi connectivity index (χ4v) is 3.91. The van der Waals surface area contributed by atoms with E-state index in [1.807, 2.05) is 41.3 Å². The molecule has 1 atom stereocenters. The largest absolute Gasteiger partial charge is 0.492 e. The first-order valence-corrected chi connectivity index (χ1v) is 9.00. The van der Waals surface area contributed by atoms with E-state index in [9.17, 15) is 4.79 Å². The third-order valence-electron chi connectivity index (χ3n) is 3.93. The van der Waals surface area contributed by atoms with Crippen LogP contribution in [0.4, 0.5) is 0 Å². The number of para-hydroxylation sites is 1. The highest BCUT2D eigenvalue weighted by Gasteiger charge is 2.30. The van der Waals surface area contributed by atoms with Crippen molar-refractivity contribution in [2.24, 2.45) is 0 Å². The second kappa shape index (κ2) is 8.06. The maximum Gasteiger partial charge on any atom is 0.233 e. The highest BCUT2D eigenvalue weighted by molar-refractivity contribution is 8.00. The number of carbonyl (C=O) groups is 1. The van der Waals surface area contributed by atoms with Gasteiger partial charge >= 0.3 is 0 Å². The van der Waals surface area contributed by atoms with Crippen molar-refractivity contribution in [2.45, 2.75) is 18.2 Å². The molecule has 0 bridgehead atoms. The third-order valence-corrected chi connectivity index (χ3v) is 5.22. The van der Waals surface area contributed by atoms with Crippen molar-refractivity contribution in [3.63, 3.8) is 0 Å². The Morgan fingerprint density at radius 1 is 1.04 bits per heavy atom. The summed E-state index contributed by atoms with van der Waals surface area (Å²) in [5.74, 6) is 1.67. The molecule has 3 nitrogen and oxygen atoms in total. The number of benzene rings is 2. The minimum atomic E-state index is 0.227. The summed E-state index contributed by atoms with van der Waals surface area (Å²) in [6.45, 7) is 1.19. The molecule has 120 valence electrons. The van der Waals surface area contributed by atoms with Crippen LogP contribution >= 0.6 is 11.8 Å². The van der Waals surface area contributed by atoms with Gasteiger partial charge in [0.15, 0.2) is 0 Å². The van der Waals surface area contributed by atoms with E-state index in [4.69, 9.17) is 4.74 Å². The molecule has 3 rings (SSSR count). The second-order valence-corrected chi connectivity index (χ2v) is 6.70. The van der Waals surface area contributed by atoms with Gasteiger partial charge in [0.25, 0.3) is 0 Å². The summed E-state index contributed by atoms with van der Waals surface area (Å²) in [5, 5.41) is 0.266. The molecule has 0 radical (unpaired) electrons. The molecule has 1 unspecified atom stereocenters. The lowest BCUT2D eigenvalue weighted by Gasteiger charge is -2.24. The van der Waals surface area contributed by atoms with Crippen LogP contribution in [-0.4, -0.2) is 35.1 Å². The van der Waals surface area contributed by atoms with Crippen LogP contribution in [0.5, 0.6) is 5.75 Å². The van der Waals surface area contributed by atoms with Crippen LogP contribution < -0.4 is 4.74 Å². The van der Waals surface area contributed by atoms with E-state index < -0.39 is 0 Å². The van der Waals surface area contributed by atoms with Crippen LogP contribution in [0.3, 0.4) is 0 Å². The summed E-state index contributed by atoms with van der Waals surface area (Å²) in [4.78, 5) is 14.1. The first-order chi connectivity index (χ1) is 11.3. The van der Waals surface area contributed by atoms with E-state index in [0.717, 1.165) is 18.6 Å². The molecule has 2 aromatic rings. The minimum Gasteiger partial charge on any atom is -0.492 e. The van der Waals surface area contributed by atoms with Crippen LogP contribution in [0.2, 0.25) is 0 Å². The maximum absolute atomic E-state index is 12.1. The lowest BCUT2D eigenvalue weighted by molar-refractivity contribution is -0.128. The lowest BCUT2D eigenvalue weighted by atomic mass is 10.1. The Morgan fingerprint density at radius 3 is 2.48 bits per heavy atom. The average molecular weight is 327 g/mol. The Labute approximate surface area is 141 Å². The Balaban J connectivity index is 1.49. The molecule has 0 aliphatic carbocycles. The number of nitrogens with zero attached hydrogens (tertiary/aromatic N) is 1. The van der Waals surface area contributed by atoms with Crippen LogP contribution in [0.1, 0.15) is 12.0 Å². The van der Waals surface area contributed by atoms with E-state index in [1.165, 1.54) is 5.56 Å². The monoisotopic (exact) mass is 327 g/mol. The summed E-state index contributed by atoms with van der Waals surface area (Å²) >= 11 is 1.74. The number of rotatable bonds is 7. The van der Waals surface area contributed by atoms with Gasteiger partial charge in [-0.05, 0) is 30.5 Å². The van der Waals surface area contributed by atoms with E-state index in [1.54, 1.807) is 11.8 Å². The summed E-state index contributed by atoms with van der Waals surface area (Å²) < 4.78 is 5.72. The van der Waals surface area contributed by atoms with Gasteiger partial charge in [-0.25, -0.2) is 0 Å². The average Bonchev–Trinajstić information content (AvgIpc) is 2.95. The van der Waals surface area contributed by atoms with Gasteiger partial charge in [0.05, 0.1) is 17.7 Å². The topological polar surface area (TPSA) is 29.5 Å². The zero-order valence-corrected chi connectivity index (χ0v) is 13.9. The second-order valence-electron chi connectivity index (χ2n) is 5.54. The molecule has 2 aromatic carbocycles. The normalized spacial score (nSPS) is 17.5. The Morgan fingerprint density at radius 2 is 1.74 bits per heavy atom. The summed E-state index contributed by atoms with van der Waals surface area (Å²) in [6, 6.07) is 20.2. The number of aryl methyl sites for hydroxylation is 1. The molecule has 0 aromatic heterocycles. The van der Waals surface area contributed by atoms with Crippen LogP contribution in [0, 0.1) is 0 Å². The molecule has 1 aliphatic heterocycles. The van der Waals surface area contributed by atoms with Gasteiger partial charge in [-0.15, -0.1) is 11.8 Å². The zero-order valence-electron chi connectivity index (χ0n) is 13.1. The fraction of sp³-hybridized carbons (Fsp3) is 0.316. The molecule has 4 heteroatoms. The molecule has 0 spiro atoms. The number of ether oxygens (including phenoxy) is 1. The number of thioether (sulfide) groups is 1. The fourth-order valence-electron chi connectivity index (χ4n) is 2.72. The van der Waals surface area contributed by atoms with E-state index in [-0.39, 0.29) is 11.3 Å². The maximum atomic E-state index is 12.1. The number of hydrogen-bond donors (Lipinski definition) is 0. The Bertz CT molecular complexity index is 618. The lowest BCUT2D eigenvalue weighted by Crippen LogP contribution is -2.36. The molecule has 0 N–H and O–H groups in total. The van der Waals surface area contributed by atoms with Crippen molar-refractivity contribution < 1.29 is 9.53 Å². The van der Waals surface area contributed by atoms with Crippen LogP contribution in [-0.2, 0) is 11.2 Å². The van der Waals surface area contributed by atoms with Crippen molar-refractivity contribution in [3.8, 4) is 5.75 Å². The van der Waals surface area contributed by atoms with E-state index >= 15 is 0 Å². The number of amides is 1. The van der Waals surface area contributed by atoms with Gasteiger partial charge in [-0.3, -0.25) is 4.79 Å². The third kappa shape index (κ3) is 4.52. The van der Waals surface area contributed by atoms with Gasteiger partial charge in [-0.1, -0.05) is 48.5 Å². The molecular formula is C19H21NO2S. The molecule has 1 fully saturated rings. The Kier molecular flexibility index (Phi) is 5.59. The number of carbonyl (C=O) groups excluding carboxylic acids is 1. The van der Waals surface area contributed by atoms with Crippen LogP contribution in [0.25, 0.3) is 0 Å². The Hall–Kier alpha value is -1.94. The zero-order chi connectivity index (χ0) is 15.9. The molecule has 1 saturated heterocycles. The predicted octanol–water partition coefficient (Wildman–Crippen LogP) is 3.60. The molecule has 1 amide bonds. The standard InChI is InChI=1S/C19H21NO2S/c21-18-15-23-19(12-11-16-7-3-1-4-8-16)20(18)13-14-22-17-9-5-2-6-10-17/h1-10,19H,11-15H2. The molecule has 1 heterocycles. The smallest absolute Gasteiger partial charge is 0.233 e. The SMILES string of the molecule is O=C1CSC(CCc2ccccc2)N1CCOc1ccccc1. The molecule has 23 heavy (non-hydrogen) atoms. The van der Waals surface area contributed by atoms with Crippen LogP contribution in [0.15, 0.2) is 60.7 Å². The minimum absolute atomic E-state index is 0.227. The molecule has 0 saturated carbocycles. The highest BCUT2D eigenvalue weighted by atomic mass is 32.2. The highest BCUT2D eigenvalue weighted by Crippen LogP contribution is 2.28. The number of hydrogen-bond acceptors (Lipinski definition) is 3. The van der Waals surface area contributed by atoms with E-state index in [2.05, 4.69) is 24.3 Å². The van der Waals surface area contributed by atoms with Gasteiger partial charge in [0.2, 0.25) is 5.91 Å². The van der Waals surface area contributed by atoms with Gasteiger partial charge in [-0.2, -0.15) is 0 Å². The summed E-state index contributed by atoms with van der Waals surface area (Å²) in [6.07, 6.45) is 1.99. The predicted molar refractivity (Wildman–Crippen MR) is 94.7 cm³/mol. The van der Waals surface area contributed by atoms with Gasteiger partial charge in [0, 0.05) is 0 Å². The summed E-state index contributed by atoms with van der Waals surface area (Å²) in [7, 11) is 0. The van der Waals surface area contributed by atoms with Gasteiger partial charge < -0.3 is 9.64 Å². The first-order valence-electron chi connectivity index (χ1n) is 7.96. The van der Waals surface area contributed by atoms with E-state index in [0.29, 0.717) is 18.9 Å². The molecule has 1 aliphatic rings. The summed E-state index contributed by atoms with van der Waals surface area (Å²) in [5.41, 5.74) is 1.33. The first kappa shape index (κ1) is 15.9. The van der Waals surface area contributed by atoms with Crippen molar-refractivity contribution in [1.29, 1.82) is 0 Å². The molecular weight excluding hydrogens is 306 g/mol. The van der Waals surface area contributed by atoms with Crippen molar-refractivity contribution >= 4 is 17.7 Å².